The second-order valence-electron chi connectivity index (χ2n) is 4.00. The van der Waals surface area contributed by atoms with E-state index >= 15 is 0 Å². The zero-order valence-corrected chi connectivity index (χ0v) is 10.1. The normalized spacial score (nSPS) is 14.9. The van der Waals surface area contributed by atoms with Crippen molar-refractivity contribution in [1.29, 1.82) is 0 Å². The third kappa shape index (κ3) is 2.03. The molecule has 0 heterocycles. The van der Waals surface area contributed by atoms with Crippen LogP contribution in [0.15, 0.2) is 24.3 Å². The molecule has 0 radical (unpaired) electrons. The van der Waals surface area contributed by atoms with Gasteiger partial charge in [-0.25, -0.2) is 8.78 Å². The maximum absolute atomic E-state index is 13.8. The molecule has 1 unspecified atom stereocenters. The number of carboxylic acid groups (broad SMARTS) is 1. The first-order chi connectivity index (χ1) is 8.31. The molecule has 0 aromatic heterocycles. The number of carbonyl (C=O) groups is 1. The lowest BCUT2D eigenvalue weighted by Crippen LogP contribution is -2.55. The van der Waals surface area contributed by atoms with Crippen LogP contribution in [0.25, 0.3) is 0 Å². The van der Waals surface area contributed by atoms with Gasteiger partial charge >= 0.3 is 5.97 Å². The maximum atomic E-state index is 13.8. The van der Waals surface area contributed by atoms with Crippen molar-refractivity contribution in [3.05, 3.63) is 29.8 Å². The smallest absolute Gasteiger partial charge is 0.321 e. The van der Waals surface area contributed by atoms with Crippen LogP contribution in [-0.2, 0) is 10.2 Å². The van der Waals surface area contributed by atoms with Crippen LogP contribution in [0.3, 0.4) is 0 Å². The number of benzene rings is 1. The Hall–Kier alpha value is -1.69. The number of para-hydroxylation sites is 1. The van der Waals surface area contributed by atoms with Crippen LogP contribution in [0.4, 0.5) is 8.78 Å². The molecule has 1 aromatic carbocycles. The van der Waals surface area contributed by atoms with E-state index in [9.17, 15) is 18.7 Å². The SMILES string of the molecule is COc1ccccc1C(CN)(C(=O)O)C(C)(F)F. The lowest BCUT2D eigenvalue weighted by molar-refractivity contribution is -0.159. The van der Waals surface area contributed by atoms with Crippen LogP contribution < -0.4 is 10.5 Å². The van der Waals surface area contributed by atoms with Gasteiger partial charge in [0, 0.05) is 19.0 Å². The van der Waals surface area contributed by atoms with Gasteiger partial charge in [-0.05, 0) is 6.07 Å². The number of halogens is 2. The minimum atomic E-state index is -3.53. The fraction of sp³-hybridized carbons (Fsp3) is 0.417. The first-order valence-corrected chi connectivity index (χ1v) is 5.26. The number of hydrogen-bond donors (Lipinski definition) is 2. The van der Waals surface area contributed by atoms with E-state index in [4.69, 9.17) is 10.5 Å². The van der Waals surface area contributed by atoms with Gasteiger partial charge in [0.2, 0.25) is 0 Å². The maximum Gasteiger partial charge on any atom is 0.321 e. The summed E-state index contributed by atoms with van der Waals surface area (Å²) in [5.41, 5.74) is 2.70. The predicted molar refractivity (Wildman–Crippen MR) is 62.0 cm³/mol. The molecule has 6 heteroatoms. The molecule has 18 heavy (non-hydrogen) atoms. The number of alkyl halides is 2. The number of ether oxygens (including phenoxy) is 1. The Balaban J connectivity index is 3.58. The van der Waals surface area contributed by atoms with Crippen LogP contribution in [0, 0.1) is 0 Å². The summed E-state index contributed by atoms with van der Waals surface area (Å²) in [7, 11) is 1.29. The van der Waals surface area contributed by atoms with Gasteiger partial charge in [0.15, 0.2) is 5.41 Å². The highest BCUT2D eigenvalue weighted by molar-refractivity contribution is 5.84. The monoisotopic (exact) mass is 259 g/mol. The van der Waals surface area contributed by atoms with Gasteiger partial charge in [0.05, 0.1) is 7.11 Å². The van der Waals surface area contributed by atoms with Gasteiger partial charge in [0.1, 0.15) is 5.75 Å². The molecule has 0 fully saturated rings. The van der Waals surface area contributed by atoms with Crippen LogP contribution in [-0.4, -0.2) is 30.7 Å². The molecule has 1 rings (SSSR count). The average Bonchev–Trinajstić information content (AvgIpc) is 2.29. The van der Waals surface area contributed by atoms with Crippen LogP contribution >= 0.6 is 0 Å². The minimum Gasteiger partial charge on any atom is -0.496 e. The van der Waals surface area contributed by atoms with Gasteiger partial charge < -0.3 is 15.6 Å². The zero-order chi connectivity index (χ0) is 14.0. The van der Waals surface area contributed by atoms with E-state index in [2.05, 4.69) is 0 Å². The number of rotatable bonds is 5. The number of hydrogen-bond acceptors (Lipinski definition) is 3. The summed E-state index contributed by atoms with van der Waals surface area (Å²) in [6.07, 6.45) is 0. The van der Waals surface area contributed by atoms with E-state index in [1.54, 1.807) is 6.07 Å². The van der Waals surface area contributed by atoms with Gasteiger partial charge in [-0.2, -0.15) is 0 Å². The molecule has 4 nitrogen and oxygen atoms in total. The molecule has 0 saturated carbocycles. The number of aliphatic carboxylic acids is 1. The second-order valence-corrected chi connectivity index (χ2v) is 4.00. The van der Waals surface area contributed by atoms with E-state index in [-0.39, 0.29) is 11.3 Å². The summed E-state index contributed by atoms with van der Waals surface area (Å²) in [4.78, 5) is 11.4. The standard InChI is InChI=1S/C12H15F2NO3/c1-11(13,14)12(7-15,10(16)17)8-5-3-4-6-9(8)18-2/h3-6H,7,15H2,1-2H3,(H,16,17). The van der Waals surface area contributed by atoms with Gasteiger partial charge in [-0.1, -0.05) is 18.2 Å². The Morgan fingerprint density at radius 3 is 2.39 bits per heavy atom. The van der Waals surface area contributed by atoms with Crippen molar-refractivity contribution in [2.75, 3.05) is 13.7 Å². The quantitative estimate of drug-likeness (QED) is 0.843. The summed E-state index contributed by atoms with van der Waals surface area (Å²) in [5, 5.41) is 9.22. The van der Waals surface area contributed by atoms with Crippen molar-refractivity contribution in [3.63, 3.8) is 0 Å². The molecule has 0 aliphatic carbocycles. The van der Waals surface area contributed by atoms with E-state index < -0.39 is 23.9 Å². The van der Waals surface area contributed by atoms with Crippen LogP contribution in [0.1, 0.15) is 12.5 Å². The Bertz CT molecular complexity index is 445. The lowest BCUT2D eigenvalue weighted by atomic mass is 9.75. The fourth-order valence-electron chi connectivity index (χ4n) is 1.91. The van der Waals surface area contributed by atoms with Crippen molar-refractivity contribution in [1.82, 2.24) is 0 Å². The number of methoxy groups -OCH3 is 1. The Morgan fingerprint density at radius 2 is 2.00 bits per heavy atom. The third-order valence-electron chi connectivity index (χ3n) is 2.99. The predicted octanol–water partition coefficient (Wildman–Crippen LogP) is 1.63. The second kappa shape index (κ2) is 4.89. The molecule has 0 aliphatic rings. The molecule has 100 valence electrons. The minimum absolute atomic E-state index is 0.0758. The van der Waals surface area contributed by atoms with Crippen LogP contribution in [0.5, 0.6) is 5.75 Å². The molecular formula is C12H15F2NO3. The van der Waals surface area contributed by atoms with Crippen molar-refractivity contribution >= 4 is 5.97 Å². The molecule has 0 aliphatic heterocycles. The summed E-state index contributed by atoms with van der Waals surface area (Å²) in [6, 6.07) is 5.75. The average molecular weight is 259 g/mol. The molecule has 1 atom stereocenters. The van der Waals surface area contributed by atoms with Crippen molar-refractivity contribution in [3.8, 4) is 5.75 Å². The molecular weight excluding hydrogens is 244 g/mol. The fourth-order valence-corrected chi connectivity index (χ4v) is 1.91. The topological polar surface area (TPSA) is 72.5 Å². The molecule has 1 aromatic rings. The van der Waals surface area contributed by atoms with Crippen molar-refractivity contribution < 1.29 is 23.4 Å². The van der Waals surface area contributed by atoms with Crippen LogP contribution in [0.2, 0.25) is 0 Å². The summed E-state index contributed by atoms with van der Waals surface area (Å²) in [5.74, 6) is -5.13. The highest BCUT2D eigenvalue weighted by atomic mass is 19.3. The molecule has 3 N–H and O–H groups in total. The number of nitrogens with two attached hydrogens (primary N) is 1. The van der Waals surface area contributed by atoms with Gasteiger partial charge in [-0.3, -0.25) is 4.79 Å². The first-order valence-electron chi connectivity index (χ1n) is 5.26. The van der Waals surface area contributed by atoms with E-state index in [0.29, 0.717) is 6.92 Å². The zero-order valence-electron chi connectivity index (χ0n) is 10.1. The Kier molecular flexibility index (Phi) is 3.91. The summed E-state index contributed by atoms with van der Waals surface area (Å²) < 4.78 is 32.5. The lowest BCUT2D eigenvalue weighted by Gasteiger charge is -2.34. The third-order valence-corrected chi connectivity index (χ3v) is 2.99. The highest BCUT2D eigenvalue weighted by Crippen LogP contribution is 2.43. The van der Waals surface area contributed by atoms with Crippen molar-refractivity contribution in [2.24, 2.45) is 5.73 Å². The van der Waals surface area contributed by atoms with E-state index in [1.807, 2.05) is 0 Å². The van der Waals surface area contributed by atoms with Gasteiger partial charge in [-0.15, -0.1) is 0 Å². The van der Waals surface area contributed by atoms with E-state index in [0.717, 1.165) is 0 Å². The Morgan fingerprint density at radius 1 is 1.44 bits per heavy atom. The summed E-state index contributed by atoms with van der Waals surface area (Å²) >= 11 is 0. The molecule has 0 spiro atoms. The van der Waals surface area contributed by atoms with Crippen molar-refractivity contribution in [2.45, 2.75) is 18.3 Å². The summed E-state index contributed by atoms with van der Waals surface area (Å²) in [6.45, 7) is -0.188. The van der Waals surface area contributed by atoms with Gasteiger partial charge in [0.25, 0.3) is 5.92 Å². The largest absolute Gasteiger partial charge is 0.496 e. The molecule has 0 bridgehead atoms. The molecule has 0 amide bonds. The van der Waals surface area contributed by atoms with E-state index in [1.165, 1.54) is 25.3 Å². The molecule has 0 saturated heterocycles. The number of carboxylic acids is 1. The highest BCUT2D eigenvalue weighted by Gasteiger charge is 2.58. The Labute approximate surface area is 103 Å². The first kappa shape index (κ1) is 14.4.